The molecule has 0 saturated heterocycles. The fourth-order valence-corrected chi connectivity index (χ4v) is 5.50. The van der Waals surface area contributed by atoms with Crippen LogP contribution in [-0.4, -0.2) is 67.8 Å². The average Bonchev–Trinajstić information content (AvgIpc) is 3.57. The van der Waals surface area contributed by atoms with Crippen molar-refractivity contribution in [2.45, 2.75) is 91.3 Å². The average molecular weight is 588 g/mol. The summed E-state index contributed by atoms with van der Waals surface area (Å²) in [5.74, 6) is -1.48. The maximum absolute atomic E-state index is 13.2. The number of esters is 1. The van der Waals surface area contributed by atoms with Crippen LogP contribution in [0.25, 0.3) is 0 Å². The first kappa shape index (κ1) is 32.1. The number of hydrogen-bond donors (Lipinski definition) is 2. The summed E-state index contributed by atoms with van der Waals surface area (Å²) in [5, 5.41) is 14.4. The number of aryl methyl sites for hydroxylation is 1. The zero-order valence-electron chi connectivity index (χ0n) is 24.6. The molecular formula is C29H41N5O6S. The highest BCUT2D eigenvalue weighted by Crippen LogP contribution is 2.35. The van der Waals surface area contributed by atoms with Gasteiger partial charge in [-0.1, -0.05) is 20.8 Å². The number of ether oxygens (including phenoxy) is 1. The highest BCUT2D eigenvalue weighted by Gasteiger charge is 2.33. The molecule has 11 nitrogen and oxygen atoms in total. The molecule has 2 amide bonds. The van der Waals surface area contributed by atoms with E-state index in [1.807, 2.05) is 20.8 Å². The molecule has 0 bridgehead atoms. The van der Waals surface area contributed by atoms with Crippen LogP contribution in [0.3, 0.4) is 0 Å². The van der Waals surface area contributed by atoms with Gasteiger partial charge in [0.15, 0.2) is 6.10 Å². The molecule has 2 N–H and O–H groups in total. The Morgan fingerprint density at radius 2 is 1.80 bits per heavy atom. The smallest absolute Gasteiger partial charge is 0.306 e. The van der Waals surface area contributed by atoms with Gasteiger partial charge in [-0.15, -0.1) is 11.3 Å². The van der Waals surface area contributed by atoms with Gasteiger partial charge in [0.2, 0.25) is 5.91 Å². The summed E-state index contributed by atoms with van der Waals surface area (Å²) in [6.45, 7) is 8.81. The van der Waals surface area contributed by atoms with E-state index in [2.05, 4.69) is 20.3 Å². The number of nitrogens with one attached hydrogen (secondary N) is 1. The minimum absolute atomic E-state index is 0.0752. The summed E-state index contributed by atoms with van der Waals surface area (Å²) in [6.07, 6.45) is 6.09. The van der Waals surface area contributed by atoms with E-state index in [-0.39, 0.29) is 36.4 Å². The van der Waals surface area contributed by atoms with Gasteiger partial charge in [-0.3, -0.25) is 19.2 Å². The lowest BCUT2D eigenvalue weighted by Gasteiger charge is -2.33. The Hall–Kier alpha value is -3.41. The van der Waals surface area contributed by atoms with E-state index < -0.39 is 35.9 Å². The number of hydrogen-bond acceptors (Lipinski definition) is 9. The number of rotatable bonds is 15. The number of carboxylic acid groups (broad SMARTS) is 1. The number of thiazole rings is 1. The zero-order valence-corrected chi connectivity index (χ0v) is 25.4. The van der Waals surface area contributed by atoms with Crippen LogP contribution in [0.1, 0.15) is 92.8 Å². The second-order valence-corrected chi connectivity index (χ2v) is 12.3. The fourth-order valence-electron chi connectivity index (χ4n) is 4.66. The molecule has 3 unspecified atom stereocenters. The van der Waals surface area contributed by atoms with Crippen LogP contribution in [0.15, 0.2) is 17.8 Å². The summed E-state index contributed by atoms with van der Waals surface area (Å²) in [5.41, 5.74) is 1.03. The molecule has 0 spiro atoms. The molecule has 1 aliphatic carbocycles. The highest BCUT2D eigenvalue weighted by atomic mass is 32.1. The van der Waals surface area contributed by atoms with Crippen LogP contribution in [-0.2, 0) is 25.5 Å². The van der Waals surface area contributed by atoms with E-state index >= 15 is 0 Å². The first-order valence-corrected chi connectivity index (χ1v) is 14.9. The van der Waals surface area contributed by atoms with Gasteiger partial charge in [0.25, 0.3) is 5.91 Å². The van der Waals surface area contributed by atoms with Crippen molar-refractivity contribution in [2.24, 2.45) is 17.8 Å². The molecule has 12 heteroatoms. The van der Waals surface area contributed by atoms with Gasteiger partial charge in [-0.25, -0.2) is 15.0 Å². The first-order chi connectivity index (χ1) is 19.3. The molecule has 224 valence electrons. The number of aromatic nitrogens is 3. The molecule has 3 rings (SSSR count). The number of amides is 2. The Morgan fingerprint density at radius 3 is 2.37 bits per heavy atom. The van der Waals surface area contributed by atoms with E-state index in [4.69, 9.17) is 4.74 Å². The summed E-state index contributed by atoms with van der Waals surface area (Å²) in [4.78, 5) is 64.4. The van der Waals surface area contributed by atoms with Gasteiger partial charge in [0, 0.05) is 63.1 Å². The third-order valence-electron chi connectivity index (χ3n) is 7.27. The standard InChI is InChI=1S/C29H41N5O6S/c1-16(2)23(34(6)26(36)10-20-7-8-20)12-24(40-19(5)35)28-33-22(15-41-28)27(37)32-21(9-18(4)29(38)39)11-25-30-13-17(3)14-31-25/h13-16,18,20-21,23-24H,7-12H2,1-6H3,(H,32,37)(H,38,39)/t18?,21-,23?,24?/m1/s1. The minimum Gasteiger partial charge on any atom is -0.481 e. The monoisotopic (exact) mass is 587 g/mol. The highest BCUT2D eigenvalue weighted by molar-refractivity contribution is 7.09. The Balaban J connectivity index is 1.76. The van der Waals surface area contributed by atoms with Crippen LogP contribution in [0.5, 0.6) is 0 Å². The molecule has 1 fully saturated rings. The third kappa shape index (κ3) is 9.87. The van der Waals surface area contributed by atoms with Gasteiger partial charge in [0.1, 0.15) is 16.5 Å². The quantitative estimate of drug-likeness (QED) is 0.295. The van der Waals surface area contributed by atoms with Gasteiger partial charge < -0.3 is 20.1 Å². The van der Waals surface area contributed by atoms with Gasteiger partial charge >= 0.3 is 11.9 Å². The maximum atomic E-state index is 13.2. The molecule has 1 aliphatic rings. The number of carbonyl (C=O) groups excluding carboxylic acids is 3. The SMILES string of the molecule is CC(=O)OC(CC(C(C)C)N(C)C(=O)CC1CC1)c1nc(C(=O)N[C@@H](Cc2ncc(C)cn2)CC(C)C(=O)O)cs1. The molecule has 2 heterocycles. The lowest BCUT2D eigenvalue weighted by molar-refractivity contribution is -0.148. The fraction of sp³-hybridized carbons (Fsp3) is 0.621. The Bertz CT molecular complexity index is 1210. The lowest BCUT2D eigenvalue weighted by Crippen LogP contribution is -2.42. The van der Waals surface area contributed by atoms with Crippen LogP contribution in [0.4, 0.5) is 0 Å². The Labute approximate surface area is 245 Å². The van der Waals surface area contributed by atoms with Crippen LogP contribution < -0.4 is 5.32 Å². The second-order valence-electron chi connectivity index (χ2n) is 11.4. The van der Waals surface area contributed by atoms with Crippen molar-refractivity contribution < 1.29 is 29.0 Å². The van der Waals surface area contributed by atoms with E-state index in [1.54, 1.807) is 36.6 Å². The number of aliphatic carboxylic acids is 1. The van der Waals surface area contributed by atoms with Crippen LogP contribution in [0.2, 0.25) is 0 Å². The summed E-state index contributed by atoms with van der Waals surface area (Å²) >= 11 is 1.20. The Morgan fingerprint density at radius 1 is 1.15 bits per heavy atom. The molecule has 4 atom stereocenters. The van der Waals surface area contributed by atoms with E-state index in [0.717, 1.165) is 18.4 Å². The molecule has 0 aliphatic heterocycles. The van der Waals surface area contributed by atoms with E-state index in [9.17, 15) is 24.3 Å². The van der Waals surface area contributed by atoms with E-state index in [0.29, 0.717) is 29.6 Å². The largest absolute Gasteiger partial charge is 0.481 e. The molecule has 1 saturated carbocycles. The third-order valence-corrected chi connectivity index (χ3v) is 8.21. The predicted octanol–water partition coefficient (Wildman–Crippen LogP) is 3.97. The summed E-state index contributed by atoms with van der Waals surface area (Å²) in [6, 6.07) is -0.731. The maximum Gasteiger partial charge on any atom is 0.306 e. The van der Waals surface area contributed by atoms with Crippen molar-refractivity contribution in [3.8, 4) is 0 Å². The van der Waals surface area contributed by atoms with Crippen molar-refractivity contribution in [1.29, 1.82) is 0 Å². The lowest BCUT2D eigenvalue weighted by atomic mass is 9.96. The number of nitrogens with zero attached hydrogens (tertiary/aromatic N) is 4. The Kier molecular flexibility index (Phi) is 11.3. The van der Waals surface area contributed by atoms with Crippen molar-refractivity contribution in [3.63, 3.8) is 0 Å². The van der Waals surface area contributed by atoms with Crippen molar-refractivity contribution in [2.75, 3.05) is 7.05 Å². The number of carboxylic acids is 1. The van der Waals surface area contributed by atoms with Crippen molar-refractivity contribution in [1.82, 2.24) is 25.2 Å². The van der Waals surface area contributed by atoms with E-state index in [1.165, 1.54) is 18.3 Å². The molecule has 2 aromatic rings. The molecule has 41 heavy (non-hydrogen) atoms. The van der Waals surface area contributed by atoms with Crippen molar-refractivity contribution in [3.05, 3.63) is 39.9 Å². The topological polar surface area (TPSA) is 152 Å². The zero-order chi connectivity index (χ0) is 30.3. The summed E-state index contributed by atoms with van der Waals surface area (Å²) < 4.78 is 5.64. The van der Waals surface area contributed by atoms with Gasteiger partial charge in [0.05, 0.1) is 5.92 Å². The molecular weight excluding hydrogens is 546 g/mol. The molecule has 0 radical (unpaired) electrons. The van der Waals surface area contributed by atoms with Gasteiger partial charge in [-0.05, 0) is 43.6 Å². The number of carbonyl (C=O) groups is 4. The van der Waals surface area contributed by atoms with Gasteiger partial charge in [-0.2, -0.15) is 0 Å². The summed E-state index contributed by atoms with van der Waals surface area (Å²) in [7, 11) is 1.79. The molecule has 0 aromatic carbocycles. The van der Waals surface area contributed by atoms with Crippen LogP contribution in [0, 0.1) is 24.7 Å². The van der Waals surface area contributed by atoms with Crippen LogP contribution >= 0.6 is 11.3 Å². The molecule has 2 aromatic heterocycles. The minimum atomic E-state index is -0.963. The first-order valence-electron chi connectivity index (χ1n) is 14.0. The second kappa shape index (κ2) is 14.5. The van der Waals surface area contributed by atoms with Crippen molar-refractivity contribution >= 4 is 35.1 Å². The normalized spacial score (nSPS) is 16.0. The predicted molar refractivity (Wildman–Crippen MR) is 153 cm³/mol.